The van der Waals surface area contributed by atoms with Crippen molar-refractivity contribution in [2.24, 2.45) is 0 Å². The summed E-state index contributed by atoms with van der Waals surface area (Å²) >= 11 is 1.88. The maximum atomic E-state index is 12.4. The van der Waals surface area contributed by atoms with E-state index in [4.69, 9.17) is 0 Å². The fraction of sp³-hybridized carbons (Fsp3) is 0.529. The van der Waals surface area contributed by atoms with Crippen LogP contribution in [0.5, 0.6) is 0 Å². The quantitative estimate of drug-likeness (QED) is 0.838. The van der Waals surface area contributed by atoms with Crippen molar-refractivity contribution in [2.75, 3.05) is 12.3 Å². The van der Waals surface area contributed by atoms with Crippen molar-refractivity contribution in [1.82, 2.24) is 24.6 Å². The zero-order chi connectivity index (χ0) is 16.4. The summed E-state index contributed by atoms with van der Waals surface area (Å²) in [6.45, 7) is 2.56. The summed E-state index contributed by atoms with van der Waals surface area (Å²) in [7, 11) is 0. The number of hydrogen-bond donors (Lipinski definition) is 0. The molecular formula is C17H21N5OS. The average molecular weight is 343 g/mol. The number of nitrogens with zero attached hydrogens (tertiary/aromatic N) is 5. The average Bonchev–Trinajstić information content (AvgIpc) is 3.03. The van der Waals surface area contributed by atoms with Crippen molar-refractivity contribution in [3.05, 3.63) is 52.0 Å². The molecule has 2 aliphatic rings. The van der Waals surface area contributed by atoms with Gasteiger partial charge in [0.05, 0.1) is 12.2 Å². The molecule has 0 radical (unpaired) electrons. The van der Waals surface area contributed by atoms with E-state index in [2.05, 4.69) is 20.0 Å². The van der Waals surface area contributed by atoms with E-state index in [1.54, 1.807) is 17.1 Å². The van der Waals surface area contributed by atoms with Crippen LogP contribution in [0.3, 0.4) is 0 Å². The van der Waals surface area contributed by atoms with E-state index in [0.717, 1.165) is 60.7 Å². The maximum absolute atomic E-state index is 12.4. The summed E-state index contributed by atoms with van der Waals surface area (Å²) in [5.74, 6) is 2.02. The standard InChI is InChI=1S/C17H21N5OS/c23-17-6-14-11-24-5-3-16(14)20-22(17)10-15-2-1-4-21(15)9-13-7-18-12-19-8-13/h6-8,12,15H,1-5,9-11H2. The molecule has 2 aliphatic heterocycles. The summed E-state index contributed by atoms with van der Waals surface area (Å²) in [6, 6.07) is 2.14. The Hall–Kier alpha value is -1.73. The lowest BCUT2D eigenvalue weighted by molar-refractivity contribution is 0.216. The SMILES string of the molecule is O=c1cc2c(nn1CC1CCCN1Cc1cncnc1)CCSC2. The van der Waals surface area contributed by atoms with Crippen molar-refractivity contribution < 1.29 is 0 Å². The summed E-state index contributed by atoms with van der Waals surface area (Å²) in [5, 5.41) is 4.66. The Balaban J connectivity index is 1.51. The molecule has 126 valence electrons. The minimum absolute atomic E-state index is 0.0335. The second kappa shape index (κ2) is 7.03. The number of hydrogen-bond acceptors (Lipinski definition) is 6. The molecule has 7 heteroatoms. The maximum Gasteiger partial charge on any atom is 0.267 e. The van der Waals surface area contributed by atoms with Crippen LogP contribution < -0.4 is 5.56 Å². The van der Waals surface area contributed by atoms with E-state index >= 15 is 0 Å². The highest BCUT2D eigenvalue weighted by molar-refractivity contribution is 7.98. The lowest BCUT2D eigenvalue weighted by Crippen LogP contribution is -2.37. The van der Waals surface area contributed by atoms with Crippen LogP contribution in [-0.2, 0) is 25.3 Å². The van der Waals surface area contributed by atoms with Gasteiger partial charge in [-0.15, -0.1) is 0 Å². The molecule has 1 fully saturated rings. The van der Waals surface area contributed by atoms with Gasteiger partial charge >= 0.3 is 0 Å². The van der Waals surface area contributed by atoms with Crippen LogP contribution in [-0.4, -0.2) is 43.0 Å². The van der Waals surface area contributed by atoms with Gasteiger partial charge in [0.15, 0.2) is 0 Å². The third kappa shape index (κ3) is 3.37. The minimum Gasteiger partial charge on any atom is -0.294 e. The zero-order valence-corrected chi connectivity index (χ0v) is 14.4. The Morgan fingerprint density at radius 2 is 2.17 bits per heavy atom. The summed E-state index contributed by atoms with van der Waals surface area (Å²) in [6.07, 6.45) is 8.52. The highest BCUT2D eigenvalue weighted by Crippen LogP contribution is 2.23. The third-order valence-electron chi connectivity index (χ3n) is 4.79. The predicted molar refractivity (Wildman–Crippen MR) is 93.8 cm³/mol. The van der Waals surface area contributed by atoms with E-state index in [1.165, 1.54) is 0 Å². The first-order chi connectivity index (χ1) is 11.8. The normalized spacial score (nSPS) is 20.9. The van der Waals surface area contributed by atoms with Gasteiger partial charge in [-0.1, -0.05) is 0 Å². The minimum atomic E-state index is 0.0335. The molecule has 0 N–H and O–H groups in total. The molecule has 0 aliphatic carbocycles. The van der Waals surface area contributed by atoms with Crippen molar-refractivity contribution in [1.29, 1.82) is 0 Å². The molecule has 0 bridgehead atoms. The van der Waals surface area contributed by atoms with Gasteiger partial charge in [0.1, 0.15) is 6.33 Å². The van der Waals surface area contributed by atoms with Crippen LogP contribution in [0.25, 0.3) is 0 Å². The number of aromatic nitrogens is 4. The van der Waals surface area contributed by atoms with Crippen LogP contribution in [0.4, 0.5) is 0 Å². The number of likely N-dealkylation sites (tertiary alicyclic amines) is 1. The van der Waals surface area contributed by atoms with Gasteiger partial charge in [-0.2, -0.15) is 16.9 Å². The summed E-state index contributed by atoms with van der Waals surface area (Å²) in [5.41, 5.74) is 3.38. The van der Waals surface area contributed by atoms with Crippen LogP contribution in [0.2, 0.25) is 0 Å². The Labute approximate surface area is 145 Å². The molecule has 1 atom stereocenters. The van der Waals surface area contributed by atoms with Gasteiger partial charge in [0.2, 0.25) is 0 Å². The fourth-order valence-corrected chi connectivity index (χ4v) is 4.49. The van der Waals surface area contributed by atoms with Gasteiger partial charge in [-0.25, -0.2) is 14.6 Å². The molecule has 2 aromatic rings. The topological polar surface area (TPSA) is 63.9 Å². The monoisotopic (exact) mass is 343 g/mol. The molecule has 0 amide bonds. The Morgan fingerprint density at radius 1 is 1.29 bits per heavy atom. The van der Waals surface area contributed by atoms with E-state index in [1.807, 2.05) is 24.2 Å². The van der Waals surface area contributed by atoms with Gasteiger partial charge in [-0.05, 0) is 30.7 Å². The molecular weight excluding hydrogens is 322 g/mol. The largest absolute Gasteiger partial charge is 0.294 e. The first-order valence-corrected chi connectivity index (χ1v) is 9.60. The van der Waals surface area contributed by atoms with Crippen molar-refractivity contribution in [2.45, 2.75) is 44.1 Å². The number of fused-ring (bicyclic) bond motifs is 1. The number of thioether (sulfide) groups is 1. The second-order valence-electron chi connectivity index (χ2n) is 6.45. The first-order valence-electron chi connectivity index (χ1n) is 8.45. The lowest BCUT2D eigenvalue weighted by Gasteiger charge is -2.25. The molecule has 1 saturated heterocycles. The molecule has 0 aromatic carbocycles. The second-order valence-corrected chi connectivity index (χ2v) is 7.56. The summed E-state index contributed by atoms with van der Waals surface area (Å²) in [4.78, 5) is 23.0. The molecule has 4 heterocycles. The van der Waals surface area contributed by atoms with Gasteiger partial charge in [-0.3, -0.25) is 9.69 Å². The molecule has 2 aromatic heterocycles. The highest BCUT2D eigenvalue weighted by atomic mass is 32.2. The van der Waals surface area contributed by atoms with Crippen LogP contribution in [0.15, 0.2) is 29.6 Å². The van der Waals surface area contributed by atoms with E-state index < -0.39 is 0 Å². The van der Waals surface area contributed by atoms with Gasteiger partial charge in [0, 0.05) is 48.8 Å². The Bertz CT molecular complexity index is 763. The molecule has 4 rings (SSSR count). The van der Waals surface area contributed by atoms with Gasteiger partial charge < -0.3 is 0 Å². The highest BCUT2D eigenvalue weighted by Gasteiger charge is 2.26. The first kappa shape index (κ1) is 15.8. The van der Waals surface area contributed by atoms with Crippen molar-refractivity contribution >= 4 is 11.8 Å². The molecule has 24 heavy (non-hydrogen) atoms. The zero-order valence-electron chi connectivity index (χ0n) is 13.6. The Morgan fingerprint density at radius 3 is 3.04 bits per heavy atom. The van der Waals surface area contributed by atoms with E-state index in [-0.39, 0.29) is 5.56 Å². The Kier molecular flexibility index (Phi) is 4.62. The van der Waals surface area contributed by atoms with Crippen molar-refractivity contribution in [3.63, 3.8) is 0 Å². The van der Waals surface area contributed by atoms with Crippen LogP contribution in [0.1, 0.15) is 29.7 Å². The molecule has 0 spiro atoms. The molecule has 0 saturated carbocycles. The number of aryl methyl sites for hydroxylation is 1. The van der Waals surface area contributed by atoms with E-state index in [9.17, 15) is 4.79 Å². The van der Waals surface area contributed by atoms with Crippen molar-refractivity contribution in [3.8, 4) is 0 Å². The number of rotatable bonds is 4. The lowest BCUT2D eigenvalue weighted by atomic mass is 10.2. The third-order valence-corrected chi connectivity index (χ3v) is 5.80. The van der Waals surface area contributed by atoms with Crippen LogP contribution in [0, 0.1) is 0 Å². The van der Waals surface area contributed by atoms with Crippen LogP contribution >= 0.6 is 11.8 Å². The fourth-order valence-electron chi connectivity index (χ4n) is 3.54. The summed E-state index contributed by atoms with van der Waals surface area (Å²) < 4.78 is 1.68. The predicted octanol–water partition coefficient (Wildman–Crippen LogP) is 1.49. The smallest absolute Gasteiger partial charge is 0.267 e. The molecule has 1 unspecified atom stereocenters. The van der Waals surface area contributed by atoms with E-state index in [0.29, 0.717) is 12.6 Å². The molecule has 6 nitrogen and oxygen atoms in total. The van der Waals surface area contributed by atoms with Gasteiger partial charge in [0.25, 0.3) is 5.56 Å².